The van der Waals surface area contributed by atoms with Gasteiger partial charge in [0.15, 0.2) is 30.2 Å². The molecule has 0 saturated carbocycles. The number of nitrogens with one attached hydrogen (secondary N) is 3. The number of aromatic amines is 2. The molecule has 0 aliphatic carbocycles. The molecule has 0 radical (unpaired) electrons. The molecule has 16 atom stereocenters. The third kappa shape index (κ3) is 12.5. The molecule has 3 aliphatic rings. The van der Waals surface area contributed by atoms with Crippen LogP contribution in [0.5, 0.6) is 0 Å². The van der Waals surface area contributed by atoms with Crippen LogP contribution >= 0.6 is 31.1 Å². The number of phosphoric ester groups is 2. The lowest BCUT2D eigenvalue weighted by Crippen LogP contribution is -2.45. The van der Waals surface area contributed by atoms with Crippen LogP contribution in [0, 0.1) is 5.92 Å². The van der Waals surface area contributed by atoms with Crippen molar-refractivity contribution < 1.29 is 104 Å². The largest absolute Gasteiger partial charge is 0.490 e. The number of nitrogens with two attached hydrogens (primary N) is 2. The van der Waals surface area contributed by atoms with Gasteiger partial charge in [-0.25, -0.2) is 38.0 Å². The number of aromatic nitrogens is 10. The number of fused-ring (bicyclic) bond motifs is 2. The lowest BCUT2D eigenvalue weighted by atomic mass is 9.93. The van der Waals surface area contributed by atoms with Gasteiger partial charge in [0.25, 0.3) is 17.1 Å². The molecule has 8 rings (SSSR count). The first-order valence-corrected chi connectivity index (χ1v) is 28.7. The Labute approximate surface area is 430 Å². The third-order valence-corrected chi connectivity index (χ3v) is 18.6. The molecule has 3 saturated heterocycles. The minimum absolute atomic E-state index is 0.0128. The van der Waals surface area contributed by atoms with Crippen molar-refractivity contribution in [2.45, 2.75) is 86.8 Å². The van der Waals surface area contributed by atoms with Crippen molar-refractivity contribution in [3.8, 4) is 0 Å². The number of H-pyrrole nitrogens is 2. The number of nitrogens with zero attached hydrogens (tertiary/aromatic N) is 8. The van der Waals surface area contributed by atoms with Crippen LogP contribution in [0.2, 0.25) is 0 Å². The first-order chi connectivity index (χ1) is 36.1. The zero-order valence-corrected chi connectivity index (χ0v) is 43.7. The molecule has 1 amide bonds. The van der Waals surface area contributed by atoms with E-state index in [1.807, 2.05) is 4.98 Å². The molecule has 14 N–H and O–H groups in total. The Kier molecular flexibility index (Phi) is 17.0. The van der Waals surface area contributed by atoms with Gasteiger partial charge in [-0.05, 0) is 12.8 Å². The number of amides is 1. The van der Waals surface area contributed by atoms with E-state index in [9.17, 15) is 72.3 Å². The van der Waals surface area contributed by atoms with Gasteiger partial charge in [0.1, 0.15) is 54.1 Å². The summed E-state index contributed by atoms with van der Waals surface area (Å²) in [7, 11) is -20.8. The molecule has 4 unspecified atom stereocenters. The highest BCUT2D eigenvalue weighted by molar-refractivity contribution is 7.66. The van der Waals surface area contributed by atoms with Crippen molar-refractivity contribution in [3.63, 3.8) is 0 Å². The van der Waals surface area contributed by atoms with E-state index in [0.717, 1.165) is 36.6 Å². The zero-order chi connectivity index (χ0) is 56.1. The lowest BCUT2D eigenvalue weighted by Gasteiger charge is -2.28. The third-order valence-electron chi connectivity index (χ3n) is 12.4. The fraction of sp³-hybridized carbons (Fsp3) is 0.583. The molecule has 3 aliphatic heterocycles. The summed E-state index contributed by atoms with van der Waals surface area (Å²) in [5.74, 6) is -1.71. The maximum Gasteiger partial charge on any atom is 0.490 e. The number of aliphatic hydroxyl groups excluding tert-OH is 3. The summed E-state index contributed by atoms with van der Waals surface area (Å²) in [6.07, 6.45) is -11.4. The predicted molar refractivity (Wildman–Crippen MR) is 252 cm³/mol. The highest BCUT2D eigenvalue weighted by Crippen LogP contribution is 2.68. The Bertz CT molecular complexity index is 3390. The molecular weight excluding hydrogens is 1120 g/mol. The molecule has 8 heterocycles. The SMILES string of the molecule is CO[C@@H]1[C@H](P(=O)(O)OC[C@H]2O[C@@H](n3ccc(=O)[nH]c3=O)[C@H](O)[C@@H]2O)[C@@H](COP(=O)(O)OP(=O)(O)OP(=O)(O)OC[C@H]2O[C@@H]([n+]3cn(C)c4c(=O)[nH]c(N)nc43)[C@H](O)[C@@H]2CCCNC(C)=O)O[C@H]1n1cnc2c(N)ncnc21. The van der Waals surface area contributed by atoms with E-state index in [1.54, 1.807) is 0 Å². The quantitative estimate of drug-likeness (QED) is 0.0181. The highest BCUT2D eigenvalue weighted by Gasteiger charge is 2.58. The number of hydrogen-bond donors (Lipinski definition) is 12. The number of nitrogen functional groups attached to an aromatic ring is 2. The molecular formula is C36H52N13O24P4+. The van der Waals surface area contributed by atoms with Crippen LogP contribution in [0.15, 0.2) is 45.6 Å². The number of carbonyl (C=O) groups excluding carboxylic acids is 1. The topological polar surface area (TPSA) is 527 Å². The summed E-state index contributed by atoms with van der Waals surface area (Å²) in [6.45, 7) is -1.88. The molecule has 37 nitrogen and oxygen atoms in total. The Hall–Kier alpha value is -5.07. The van der Waals surface area contributed by atoms with Gasteiger partial charge in [-0.2, -0.15) is 8.62 Å². The molecule has 5 aromatic heterocycles. The maximum absolute atomic E-state index is 14.3. The number of hydrogen-bond acceptors (Lipinski definition) is 26. The standard InChI is InChI=1S/C36H51N13O24P4/c1-15(50)39-7-4-5-16-17(69-32(23(16)52)49-14-46(2)22-30(49)44-35(38)45-31(22)55)9-67-75(59,60)72-77(63,64)73-76(61,62)68-11-19-27(26(65-3)34(71-19)48-13-42-21-28(37)40-12-41-29(21)48)74(57,58)66-10-18-24(53)25(54)33(70-18)47-8-6-20(51)43-36(47)56/h6,8,12-14,16-19,23-27,32-34,52-54H,4-5,7,9-11H2,1-3H3,(H10-,37,38,39,40,41,43,44,45,50,51,55,56,57,58,59,60,61,62,63,64)/p+1/t16-,17-,18-,19-,23-,24-,25-,26-,27-,32-,33-,34-/m1/s1. The first kappa shape index (κ1) is 58.1. The van der Waals surface area contributed by atoms with Gasteiger partial charge >= 0.3 is 42.4 Å². The number of methoxy groups -OCH3 is 1. The normalized spacial score (nSPS) is 29.8. The van der Waals surface area contributed by atoms with Crippen LogP contribution < -0.4 is 38.2 Å². The number of aryl methyl sites for hydroxylation is 1. The number of phosphoric acid groups is 3. The van der Waals surface area contributed by atoms with Crippen LogP contribution in [0.25, 0.3) is 22.3 Å². The minimum Gasteiger partial charge on any atom is -0.387 e. The summed E-state index contributed by atoms with van der Waals surface area (Å²) in [5.41, 5.74) is 7.28. The van der Waals surface area contributed by atoms with E-state index >= 15 is 0 Å². The average molecular weight is 1170 g/mol. The molecule has 77 heavy (non-hydrogen) atoms. The summed E-state index contributed by atoms with van der Waals surface area (Å²) < 4.78 is 106. The van der Waals surface area contributed by atoms with Gasteiger partial charge in [0.2, 0.25) is 17.7 Å². The lowest BCUT2D eigenvalue weighted by molar-refractivity contribution is -0.745. The van der Waals surface area contributed by atoms with Gasteiger partial charge in [-0.3, -0.25) is 51.7 Å². The number of carbonyl (C=O) groups is 1. The summed E-state index contributed by atoms with van der Waals surface area (Å²) in [4.78, 5) is 112. The molecule has 0 aromatic carbocycles. The molecule has 424 valence electrons. The van der Waals surface area contributed by atoms with Gasteiger partial charge < -0.3 is 75.1 Å². The second-order valence-corrected chi connectivity index (χ2v) is 24.1. The minimum atomic E-state index is -6.22. The van der Waals surface area contributed by atoms with Crippen LogP contribution in [-0.4, -0.2) is 166 Å². The van der Waals surface area contributed by atoms with E-state index in [2.05, 4.69) is 38.9 Å². The fourth-order valence-electron chi connectivity index (χ4n) is 9.03. The highest BCUT2D eigenvalue weighted by atomic mass is 31.3. The van der Waals surface area contributed by atoms with Gasteiger partial charge in [0.05, 0.1) is 39.3 Å². The molecule has 41 heteroatoms. The van der Waals surface area contributed by atoms with Crippen molar-refractivity contribution in [1.29, 1.82) is 0 Å². The molecule has 5 aromatic rings. The summed E-state index contributed by atoms with van der Waals surface area (Å²) in [6, 6.07) is 0.924. The number of anilines is 2. The van der Waals surface area contributed by atoms with Crippen molar-refractivity contribution in [2.24, 2.45) is 13.0 Å². The van der Waals surface area contributed by atoms with Crippen LogP contribution in [0.3, 0.4) is 0 Å². The Morgan fingerprint density at radius 1 is 0.844 bits per heavy atom. The molecule has 3 fully saturated rings. The Morgan fingerprint density at radius 3 is 2.17 bits per heavy atom. The summed E-state index contributed by atoms with van der Waals surface area (Å²) in [5, 5.41) is 35.6. The van der Waals surface area contributed by atoms with Crippen LogP contribution in [-0.2, 0) is 71.2 Å². The number of rotatable bonds is 22. The van der Waals surface area contributed by atoms with Crippen molar-refractivity contribution in [2.75, 3.05) is 44.9 Å². The van der Waals surface area contributed by atoms with Gasteiger partial charge in [0, 0.05) is 38.8 Å². The van der Waals surface area contributed by atoms with Gasteiger partial charge in [-0.1, -0.05) is 4.98 Å². The monoisotopic (exact) mass is 1170 g/mol. The van der Waals surface area contributed by atoms with Crippen LogP contribution in [0.1, 0.15) is 38.4 Å². The number of imidazole rings is 2. The Balaban J connectivity index is 0.962. The molecule has 0 spiro atoms. The maximum atomic E-state index is 14.3. The smallest absolute Gasteiger partial charge is 0.387 e. The van der Waals surface area contributed by atoms with Crippen LogP contribution in [0.4, 0.5) is 11.8 Å². The van der Waals surface area contributed by atoms with Gasteiger partial charge in [-0.15, -0.1) is 0 Å². The van der Waals surface area contributed by atoms with Crippen molar-refractivity contribution in [1.82, 2.24) is 48.9 Å². The van der Waals surface area contributed by atoms with E-state index in [4.69, 9.17) is 44.0 Å². The van der Waals surface area contributed by atoms with E-state index in [1.165, 1.54) is 34.0 Å². The molecule has 0 bridgehead atoms. The predicted octanol–water partition coefficient (Wildman–Crippen LogP) is -3.64. The van der Waals surface area contributed by atoms with Crippen molar-refractivity contribution in [3.05, 3.63) is 62.4 Å². The van der Waals surface area contributed by atoms with Crippen molar-refractivity contribution >= 4 is 71.1 Å². The fourth-order valence-corrected chi connectivity index (χ4v) is 14.3. The summed E-state index contributed by atoms with van der Waals surface area (Å²) >= 11 is 0. The average Bonchev–Trinajstić information content (AvgIpc) is 4.20. The van der Waals surface area contributed by atoms with E-state index < -0.39 is 141 Å². The zero-order valence-electron chi connectivity index (χ0n) is 40.1. The Morgan fingerprint density at radius 2 is 1.51 bits per heavy atom. The van der Waals surface area contributed by atoms with E-state index in [-0.39, 0.29) is 59.4 Å². The second kappa shape index (κ2) is 22.6. The number of aliphatic hydroxyl groups is 3. The van der Waals surface area contributed by atoms with E-state index in [0.29, 0.717) is 0 Å². The number of ether oxygens (including phenoxy) is 4. The second-order valence-electron chi connectivity index (χ2n) is 17.5. The first-order valence-electron chi connectivity index (χ1n) is 22.6.